The molecule has 0 saturated carbocycles. The van der Waals surface area contributed by atoms with Gasteiger partial charge in [-0.15, -0.1) is 24.8 Å². The Morgan fingerprint density at radius 1 is 1.04 bits per heavy atom. The molecule has 0 bridgehead atoms. The third-order valence-electron chi connectivity index (χ3n) is 3.84. The number of tetrazole rings is 1. The van der Waals surface area contributed by atoms with Crippen molar-refractivity contribution in [1.29, 1.82) is 0 Å². The molecule has 1 heterocycles. The number of halogens is 2. The summed E-state index contributed by atoms with van der Waals surface area (Å²) in [6.07, 6.45) is 1.12. The highest BCUT2D eigenvalue weighted by molar-refractivity contribution is 5.85. The third kappa shape index (κ3) is 7.09. The predicted molar refractivity (Wildman–Crippen MR) is 115 cm³/mol. The number of nitrogens with one attached hydrogen (secondary N) is 1. The molecule has 152 valence electrons. The van der Waals surface area contributed by atoms with Crippen LogP contribution in [-0.2, 0) is 6.54 Å². The summed E-state index contributed by atoms with van der Waals surface area (Å²) in [5, 5.41) is 15.2. The summed E-state index contributed by atoms with van der Waals surface area (Å²) in [6.45, 7) is 2.86. The van der Waals surface area contributed by atoms with Gasteiger partial charge in [-0.3, -0.25) is 0 Å². The second-order valence-corrected chi connectivity index (χ2v) is 6.29. The maximum absolute atomic E-state index is 5.90. The fourth-order valence-electron chi connectivity index (χ4n) is 2.55. The Morgan fingerprint density at radius 3 is 2.57 bits per heavy atom. The van der Waals surface area contributed by atoms with E-state index >= 15 is 0 Å². The molecule has 0 fully saturated rings. The van der Waals surface area contributed by atoms with Crippen molar-refractivity contribution >= 4 is 24.8 Å². The summed E-state index contributed by atoms with van der Waals surface area (Å²) >= 11 is 0. The van der Waals surface area contributed by atoms with Crippen LogP contribution < -0.4 is 10.1 Å². The van der Waals surface area contributed by atoms with Gasteiger partial charge in [-0.1, -0.05) is 35.4 Å². The third-order valence-corrected chi connectivity index (χ3v) is 3.84. The SMILES string of the molecule is CN(C)CCCNCc1cccc(Oc2nnnn2-c2ccccc2)c1.Cl.Cl. The number of nitrogens with zero attached hydrogens (tertiary/aromatic N) is 5. The van der Waals surface area contributed by atoms with Crippen LogP contribution in [0.4, 0.5) is 0 Å². The molecule has 0 saturated heterocycles. The smallest absolute Gasteiger partial charge is 0.345 e. The Bertz CT molecular complexity index is 813. The number of rotatable bonds is 9. The van der Waals surface area contributed by atoms with Crippen LogP contribution in [0.15, 0.2) is 54.6 Å². The maximum atomic E-state index is 5.90. The zero-order valence-corrected chi connectivity index (χ0v) is 17.6. The molecule has 0 radical (unpaired) electrons. The highest BCUT2D eigenvalue weighted by Gasteiger charge is 2.10. The van der Waals surface area contributed by atoms with E-state index in [0.717, 1.165) is 37.3 Å². The Labute approximate surface area is 177 Å². The monoisotopic (exact) mass is 424 g/mol. The molecule has 0 aliphatic rings. The summed E-state index contributed by atoms with van der Waals surface area (Å²) in [5.41, 5.74) is 2.01. The van der Waals surface area contributed by atoms with Gasteiger partial charge in [-0.25, -0.2) is 0 Å². The molecule has 0 aliphatic heterocycles. The zero-order valence-electron chi connectivity index (χ0n) is 16.0. The minimum absolute atomic E-state index is 0. The van der Waals surface area contributed by atoms with Crippen molar-refractivity contribution < 1.29 is 4.74 Å². The molecule has 0 amide bonds. The van der Waals surface area contributed by atoms with Gasteiger partial charge in [-0.05, 0) is 73.9 Å². The number of ether oxygens (including phenoxy) is 1. The van der Waals surface area contributed by atoms with Gasteiger partial charge < -0.3 is 15.0 Å². The van der Waals surface area contributed by atoms with Gasteiger partial charge in [0.1, 0.15) is 5.75 Å². The van der Waals surface area contributed by atoms with Crippen molar-refractivity contribution in [3.63, 3.8) is 0 Å². The molecular formula is C19H26Cl2N6O. The number of hydrogen-bond acceptors (Lipinski definition) is 6. The van der Waals surface area contributed by atoms with E-state index < -0.39 is 0 Å². The van der Waals surface area contributed by atoms with Crippen LogP contribution in [0.5, 0.6) is 11.8 Å². The van der Waals surface area contributed by atoms with Gasteiger partial charge in [0.2, 0.25) is 0 Å². The highest BCUT2D eigenvalue weighted by Crippen LogP contribution is 2.22. The molecule has 28 heavy (non-hydrogen) atoms. The van der Waals surface area contributed by atoms with E-state index in [4.69, 9.17) is 4.74 Å². The first-order valence-corrected chi connectivity index (χ1v) is 8.68. The largest absolute Gasteiger partial charge is 0.423 e. The Morgan fingerprint density at radius 2 is 1.82 bits per heavy atom. The lowest BCUT2D eigenvalue weighted by atomic mass is 10.2. The molecule has 1 N–H and O–H groups in total. The van der Waals surface area contributed by atoms with Gasteiger partial charge >= 0.3 is 6.01 Å². The topological polar surface area (TPSA) is 68.1 Å². The molecule has 0 unspecified atom stereocenters. The predicted octanol–water partition coefficient (Wildman–Crippen LogP) is 3.34. The first-order valence-electron chi connectivity index (χ1n) is 8.68. The van der Waals surface area contributed by atoms with Crippen LogP contribution in [0.3, 0.4) is 0 Å². The van der Waals surface area contributed by atoms with Gasteiger partial charge in [0, 0.05) is 6.54 Å². The summed E-state index contributed by atoms with van der Waals surface area (Å²) < 4.78 is 7.47. The summed E-state index contributed by atoms with van der Waals surface area (Å²) in [4.78, 5) is 2.19. The standard InChI is InChI=1S/C19H24N6O.2ClH/c1-24(2)13-7-12-20-15-16-8-6-11-18(14-16)26-19-21-22-23-25(19)17-9-4-3-5-10-17;;/h3-6,8-11,14,20H,7,12-13,15H2,1-2H3;2*1H. The lowest BCUT2D eigenvalue weighted by Crippen LogP contribution is -2.20. The Balaban J connectivity index is 0.00000196. The van der Waals surface area contributed by atoms with Crippen LogP contribution in [0.25, 0.3) is 5.69 Å². The second kappa shape index (κ2) is 12.3. The minimum atomic E-state index is 0. The van der Waals surface area contributed by atoms with Crippen molar-refractivity contribution in [2.45, 2.75) is 13.0 Å². The van der Waals surface area contributed by atoms with Crippen LogP contribution >= 0.6 is 24.8 Å². The molecule has 3 aromatic rings. The molecule has 0 spiro atoms. The minimum Gasteiger partial charge on any atom is -0.423 e. The van der Waals surface area contributed by atoms with Crippen molar-refractivity contribution in [3.8, 4) is 17.4 Å². The van der Waals surface area contributed by atoms with E-state index in [9.17, 15) is 0 Å². The lowest BCUT2D eigenvalue weighted by Gasteiger charge is -2.10. The molecule has 0 aliphatic carbocycles. The van der Waals surface area contributed by atoms with Crippen LogP contribution in [0.1, 0.15) is 12.0 Å². The van der Waals surface area contributed by atoms with E-state index in [1.807, 2.05) is 48.5 Å². The van der Waals surface area contributed by atoms with E-state index in [1.54, 1.807) is 4.68 Å². The molecule has 2 aromatic carbocycles. The normalized spacial score (nSPS) is 10.2. The quantitative estimate of drug-likeness (QED) is 0.531. The fourth-order valence-corrected chi connectivity index (χ4v) is 2.55. The molecule has 9 heteroatoms. The molecular weight excluding hydrogens is 399 g/mol. The van der Waals surface area contributed by atoms with E-state index in [0.29, 0.717) is 11.8 Å². The first-order chi connectivity index (χ1) is 12.7. The molecule has 1 aromatic heterocycles. The van der Waals surface area contributed by atoms with Gasteiger partial charge in [0.25, 0.3) is 0 Å². The number of hydrogen-bond donors (Lipinski definition) is 1. The average molecular weight is 425 g/mol. The van der Waals surface area contributed by atoms with Gasteiger partial charge in [0.05, 0.1) is 5.69 Å². The maximum Gasteiger partial charge on any atom is 0.345 e. The van der Waals surface area contributed by atoms with E-state index in [-0.39, 0.29) is 24.8 Å². The van der Waals surface area contributed by atoms with Crippen molar-refractivity contribution in [3.05, 3.63) is 60.2 Å². The summed E-state index contributed by atoms with van der Waals surface area (Å²) in [7, 11) is 4.17. The lowest BCUT2D eigenvalue weighted by molar-refractivity contribution is 0.394. The second-order valence-electron chi connectivity index (χ2n) is 6.29. The van der Waals surface area contributed by atoms with Crippen LogP contribution in [0, 0.1) is 0 Å². The average Bonchev–Trinajstić information content (AvgIpc) is 3.10. The van der Waals surface area contributed by atoms with Gasteiger partial charge in [0.15, 0.2) is 0 Å². The summed E-state index contributed by atoms with van der Waals surface area (Å²) in [5.74, 6) is 0.713. The first kappa shape index (κ1) is 23.8. The van der Waals surface area contributed by atoms with E-state index in [1.165, 1.54) is 0 Å². The van der Waals surface area contributed by atoms with Gasteiger partial charge in [-0.2, -0.15) is 4.68 Å². The van der Waals surface area contributed by atoms with Crippen molar-refractivity contribution in [2.75, 3.05) is 27.2 Å². The molecule has 3 rings (SSSR count). The Kier molecular flexibility index (Phi) is 10.5. The molecule has 0 atom stereocenters. The van der Waals surface area contributed by atoms with Crippen LogP contribution in [-0.4, -0.2) is 52.3 Å². The fraction of sp³-hybridized carbons (Fsp3) is 0.316. The Hall–Kier alpha value is -2.19. The molecule has 7 nitrogen and oxygen atoms in total. The van der Waals surface area contributed by atoms with E-state index in [2.05, 4.69) is 45.9 Å². The van der Waals surface area contributed by atoms with Crippen LogP contribution in [0.2, 0.25) is 0 Å². The number of benzene rings is 2. The van der Waals surface area contributed by atoms with Crippen molar-refractivity contribution in [2.24, 2.45) is 0 Å². The zero-order chi connectivity index (χ0) is 18.2. The number of aromatic nitrogens is 4. The summed E-state index contributed by atoms with van der Waals surface area (Å²) in [6, 6.07) is 18.0. The highest BCUT2D eigenvalue weighted by atomic mass is 35.5. The van der Waals surface area contributed by atoms with Crippen molar-refractivity contribution in [1.82, 2.24) is 30.4 Å². The number of para-hydroxylation sites is 1.